The second-order valence-electron chi connectivity index (χ2n) is 5.77. The van der Waals surface area contributed by atoms with E-state index >= 15 is 0 Å². The van der Waals surface area contributed by atoms with Gasteiger partial charge in [-0.1, -0.05) is 23.2 Å². The van der Waals surface area contributed by atoms with Crippen LogP contribution >= 0.6 is 34.5 Å². The van der Waals surface area contributed by atoms with Gasteiger partial charge in [-0.2, -0.15) is 5.26 Å². The van der Waals surface area contributed by atoms with Crippen molar-refractivity contribution in [3.05, 3.63) is 42.8 Å². The Balaban J connectivity index is 2.68. The van der Waals surface area contributed by atoms with Gasteiger partial charge in [0, 0.05) is 12.8 Å². The molecular weight excluding hydrogens is 383 g/mol. The van der Waals surface area contributed by atoms with Gasteiger partial charge in [-0.25, -0.2) is 4.79 Å². The van der Waals surface area contributed by atoms with Gasteiger partial charge in [0.15, 0.2) is 0 Å². The number of hydrogen-bond donors (Lipinski definition) is 1. The number of nitriles is 1. The number of carbonyl (C=O) groups is 1. The molecule has 5 nitrogen and oxygen atoms in total. The number of methoxy groups -OCH3 is 1. The van der Waals surface area contributed by atoms with Gasteiger partial charge in [0.1, 0.15) is 0 Å². The molecule has 0 amide bonds. The Labute approximate surface area is 160 Å². The van der Waals surface area contributed by atoms with Gasteiger partial charge < -0.3 is 14.8 Å². The molecule has 1 aliphatic heterocycles. The molecule has 0 saturated heterocycles. The van der Waals surface area contributed by atoms with Crippen LogP contribution in [-0.2, 0) is 14.3 Å². The quantitative estimate of drug-likeness (QED) is 0.741. The number of hydrogen-bond acceptors (Lipinski definition) is 6. The molecule has 1 atom stereocenters. The first kappa shape index (κ1) is 19.8. The van der Waals surface area contributed by atoms with E-state index in [2.05, 4.69) is 11.4 Å². The summed E-state index contributed by atoms with van der Waals surface area (Å²) in [7, 11) is 1.53. The molecule has 0 spiro atoms. The zero-order chi connectivity index (χ0) is 18.7. The molecule has 8 heteroatoms. The Morgan fingerprint density at radius 3 is 2.64 bits per heavy atom. The lowest BCUT2D eigenvalue weighted by Gasteiger charge is -2.29. The lowest BCUT2D eigenvalue weighted by atomic mass is 9.82. The van der Waals surface area contributed by atoms with E-state index in [4.69, 9.17) is 32.7 Å². The molecule has 1 aromatic heterocycles. The van der Waals surface area contributed by atoms with Crippen molar-refractivity contribution in [2.45, 2.75) is 32.8 Å². The van der Waals surface area contributed by atoms with Crippen molar-refractivity contribution in [1.29, 1.82) is 5.26 Å². The topological polar surface area (TPSA) is 71.3 Å². The molecule has 1 aromatic rings. The summed E-state index contributed by atoms with van der Waals surface area (Å²) in [6.07, 6.45) is -0.302. The van der Waals surface area contributed by atoms with Gasteiger partial charge in [-0.05, 0) is 32.4 Å². The maximum Gasteiger partial charge on any atom is 0.337 e. The van der Waals surface area contributed by atoms with E-state index in [1.54, 1.807) is 26.8 Å². The minimum Gasteiger partial charge on any atom is -0.460 e. The Kier molecular flexibility index (Phi) is 6.53. The van der Waals surface area contributed by atoms with Crippen LogP contribution < -0.4 is 5.32 Å². The number of halogens is 2. The van der Waals surface area contributed by atoms with Crippen molar-refractivity contribution < 1.29 is 14.3 Å². The minimum absolute atomic E-state index is 0.171. The third kappa shape index (κ3) is 4.18. The monoisotopic (exact) mass is 400 g/mol. The van der Waals surface area contributed by atoms with Crippen LogP contribution in [-0.4, -0.2) is 25.8 Å². The predicted octanol–water partition coefficient (Wildman–Crippen LogP) is 4.39. The highest BCUT2D eigenvalue weighted by Crippen LogP contribution is 2.45. The number of esters is 1. The summed E-state index contributed by atoms with van der Waals surface area (Å²) >= 11 is 13.6. The van der Waals surface area contributed by atoms with Crippen LogP contribution in [0.3, 0.4) is 0 Å². The van der Waals surface area contributed by atoms with E-state index in [0.29, 0.717) is 36.8 Å². The number of ether oxygens (including phenoxy) is 2. The number of carbonyl (C=O) groups excluding carboxylic acids is 1. The number of rotatable bonds is 5. The highest BCUT2D eigenvalue weighted by Gasteiger charge is 2.37. The average molecular weight is 401 g/mol. The van der Waals surface area contributed by atoms with Gasteiger partial charge >= 0.3 is 5.97 Å². The van der Waals surface area contributed by atoms with Crippen LogP contribution in [0.15, 0.2) is 28.6 Å². The summed E-state index contributed by atoms with van der Waals surface area (Å²) in [4.78, 5) is 12.8. The summed E-state index contributed by atoms with van der Waals surface area (Å²) in [5.41, 5.74) is 2.51. The molecule has 134 valence electrons. The normalized spacial score (nSPS) is 17.6. The van der Waals surface area contributed by atoms with Crippen LogP contribution in [0.5, 0.6) is 0 Å². The number of nitrogens with one attached hydrogen (secondary N) is 1. The highest BCUT2D eigenvalue weighted by molar-refractivity contribution is 7.20. The first-order chi connectivity index (χ1) is 11.8. The second kappa shape index (κ2) is 8.24. The zero-order valence-corrected chi connectivity index (χ0v) is 16.6. The summed E-state index contributed by atoms with van der Waals surface area (Å²) < 4.78 is 11.5. The van der Waals surface area contributed by atoms with Crippen molar-refractivity contribution in [3.8, 4) is 6.07 Å². The molecule has 0 fully saturated rings. The number of allylic oxidation sites excluding steroid dienone is 2. The molecule has 0 radical (unpaired) electrons. The second-order valence-corrected chi connectivity index (χ2v) is 8.05. The summed E-state index contributed by atoms with van der Waals surface area (Å²) in [5, 5.41) is 12.7. The Bertz CT molecular complexity index is 790. The first-order valence-corrected chi connectivity index (χ1v) is 9.12. The maximum absolute atomic E-state index is 12.8. The number of nitrogens with zero attached hydrogens (tertiary/aromatic N) is 1. The average Bonchev–Trinajstić information content (AvgIpc) is 2.84. The molecule has 2 rings (SSSR count). The lowest BCUT2D eigenvalue weighted by molar-refractivity contribution is -0.143. The molecular formula is C17H18Cl2N2O3S. The molecule has 2 heterocycles. The molecule has 0 saturated carbocycles. The number of thiophene rings is 1. The molecule has 0 aromatic carbocycles. The molecule has 1 N–H and O–H groups in total. The lowest BCUT2D eigenvalue weighted by Crippen LogP contribution is -2.32. The first-order valence-electron chi connectivity index (χ1n) is 7.55. The summed E-state index contributed by atoms with van der Waals surface area (Å²) in [5.74, 6) is -1.17. The largest absolute Gasteiger partial charge is 0.460 e. The van der Waals surface area contributed by atoms with Crippen molar-refractivity contribution in [2.24, 2.45) is 0 Å². The van der Waals surface area contributed by atoms with E-state index in [9.17, 15) is 10.1 Å². The maximum atomic E-state index is 12.8. The van der Waals surface area contributed by atoms with Crippen LogP contribution in [0.25, 0.3) is 0 Å². The molecule has 0 bridgehead atoms. The van der Waals surface area contributed by atoms with E-state index in [1.807, 2.05) is 0 Å². The summed E-state index contributed by atoms with van der Waals surface area (Å²) in [6.45, 7) is 5.47. The third-order valence-electron chi connectivity index (χ3n) is 3.61. The fourth-order valence-corrected chi connectivity index (χ4v) is 4.21. The number of dihydropyridines is 1. The van der Waals surface area contributed by atoms with Gasteiger partial charge in [0.25, 0.3) is 0 Å². The molecule has 25 heavy (non-hydrogen) atoms. The Morgan fingerprint density at radius 2 is 2.16 bits per heavy atom. The van der Waals surface area contributed by atoms with Crippen molar-refractivity contribution >= 4 is 40.5 Å². The smallest absolute Gasteiger partial charge is 0.337 e. The fourth-order valence-electron chi connectivity index (χ4n) is 2.68. The minimum atomic E-state index is -0.654. The zero-order valence-electron chi connectivity index (χ0n) is 14.3. The van der Waals surface area contributed by atoms with Crippen molar-refractivity contribution in [2.75, 3.05) is 13.7 Å². The highest BCUT2D eigenvalue weighted by atomic mass is 35.5. The molecule has 0 aliphatic carbocycles. The Hall–Kier alpha value is -1.52. The van der Waals surface area contributed by atoms with Crippen LogP contribution in [0.4, 0.5) is 0 Å². The predicted molar refractivity (Wildman–Crippen MR) is 98.7 cm³/mol. The van der Waals surface area contributed by atoms with Crippen molar-refractivity contribution in [3.63, 3.8) is 0 Å². The van der Waals surface area contributed by atoms with E-state index in [-0.39, 0.29) is 12.7 Å². The third-order valence-corrected chi connectivity index (χ3v) is 5.13. The molecule has 1 unspecified atom stereocenters. The fraction of sp³-hybridized carbons (Fsp3) is 0.412. The van der Waals surface area contributed by atoms with Gasteiger partial charge in [-0.15, -0.1) is 11.3 Å². The van der Waals surface area contributed by atoms with Crippen LogP contribution in [0.1, 0.15) is 32.3 Å². The van der Waals surface area contributed by atoms with Crippen LogP contribution in [0, 0.1) is 11.3 Å². The van der Waals surface area contributed by atoms with Gasteiger partial charge in [-0.3, -0.25) is 0 Å². The van der Waals surface area contributed by atoms with E-state index in [0.717, 1.165) is 0 Å². The van der Waals surface area contributed by atoms with E-state index < -0.39 is 11.9 Å². The Morgan fingerprint density at radius 1 is 1.48 bits per heavy atom. The molecule has 1 aliphatic rings. The SMILES string of the molecule is COCC1=C(C(=O)OC(C)C)C(c2cc(Cl)sc2Cl)C(C#N)=C(C)N1. The van der Waals surface area contributed by atoms with Gasteiger partial charge in [0.05, 0.1) is 50.2 Å². The van der Waals surface area contributed by atoms with Crippen molar-refractivity contribution in [1.82, 2.24) is 5.32 Å². The van der Waals surface area contributed by atoms with E-state index in [1.165, 1.54) is 18.4 Å². The van der Waals surface area contributed by atoms with Gasteiger partial charge in [0.2, 0.25) is 0 Å². The summed E-state index contributed by atoms with van der Waals surface area (Å²) in [6, 6.07) is 3.86. The standard InChI is InChI=1S/C17H18Cl2N2O3S/c1-8(2)24-17(22)15-12(7-23-4)21-9(3)11(6-20)14(15)10-5-13(18)25-16(10)19/h5,8,14,21H,7H2,1-4H3. The van der Waals surface area contributed by atoms with Crippen LogP contribution in [0.2, 0.25) is 8.67 Å².